The number of nitrogens with zero attached hydrogens (tertiary/aromatic N) is 2. The summed E-state index contributed by atoms with van der Waals surface area (Å²) in [5, 5.41) is 9.39. The van der Waals surface area contributed by atoms with Crippen LogP contribution >= 0.6 is 0 Å². The Morgan fingerprint density at radius 1 is 0.704 bits per heavy atom. The number of alkyl halides is 6. The monoisotopic (exact) mass is 740 g/mol. The van der Waals surface area contributed by atoms with Crippen molar-refractivity contribution in [2.24, 2.45) is 0 Å². The summed E-state index contributed by atoms with van der Waals surface area (Å²) in [6.07, 6.45) is -6.73. The van der Waals surface area contributed by atoms with E-state index >= 15 is 0 Å². The van der Waals surface area contributed by atoms with Crippen molar-refractivity contribution < 1.29 is 40.7 Å². The van der Waals surface area contributed by atoms with E-state index in [2.05, 4.69) is 10.6 Å². The zero-order chi connectivity index (χ0) is 38.5. The molecule has 0 atom stereocenters. The minimum absolute atomic E-state index is 0.225. The van der Waals surface area contributed by atoms with E-state index in [9.17, 15) is 35.9 Å². The molecule has 0 aliphatic rings. The molecule has 1 heterocycles. The van der Waals surface area contributed by atoms with Crippen LogP contribution in [0.3, 0.4) is 0 Å². The standard InChI is InChI=1S/C41H30F6N4O3/c1-26-16-18-27(19-17-26)25-54-35-15-5-8-28(20-35)37-29(24-51(50-37)34-13-3-2-4-14-34)21-36(38(52)48-32-11-6-9-30(22-32)40(42,43)44)39(53)49-33-12-7-10-31(23-33)41(45,46)47/h2-24H,25H2,1H3,(H,48,52)(H,49,53). The number of aromatic nitrogens is 2. The first kappa shape index (κ1) is 37.1. The summed E-state index contributed by atoms with van der Waals surface area (Å²) in [4.78, 5) is 27.6. The number of aryl methyl sites for hydroxylation is 1. The number of carbonyl (C=O) groups is 2. The Morgan fingerprint density at radius 3 is 1.85 bits per heavy atom. The van der Waals surface area contributed by atoms with Crippen LogP contribution in [0.2, 0.25) is 0 Å². The highest BCUT2D eigenvalue weighted by molar-refractivity contribution is 6.29. The summed E-state index contributed by atoms with van der Waals surface area (Å²) in [6.45, 7) is 2.24. The number of halogens is 6. The van der Waals surface area contributed by atoms with E-state index in [0.717, 1.165) is 35.4 Å². The first-order valence-corrected chi connectivity index (χ1v) is 16.4. The molecule has 7 nitrogen and oxygen atoms in total. The van der Waals surface area contributed by atoms with Gasteiger partial charge in [0.25, 0.3) is 11.8 Å². The normalized spacial score (nSPS) is 11.5. The Kier molecular flexibility index (Phi) is 10.7. The van der Waals surface area contributed by atoms with E-state index in [4.69, 9.17) is 9.84 Å². The average molecular weight is 741 g/mol. The second-order valence-corrected chi connectivity index (χ2v) is 12.1. The van der Waals surface area contributed by atoms with Crippen LogP contribution in [-0.2, 0) is 28.5 Å². The van der Waals surface area contributed by atoms with Gasteiger partial charge in [0.1, 0.15) is 23.6 Å². The van der Waals surface area contributed by atoms with Crippen LogP contribution in [0, 0.1) is 6.92 Å². The van der Waals surface area contributed by atoms with Gasteiger partial charge in [0.2, 0.25) is 0 Å². The molecule has 6 aromatic rings. The Bertz CT molecular complexity index is 2240. The molecule has 0 saturated heterocycles. The van der Waals surface area contributed by atoms with Crippen LogP contribution in [0.25, 0.3) is 23.0 Å². The van der Waals surface area contributed by atoms with Crippen molar-refractivity contribution >= 4 is 29.3 Å². The predicted octanol–water partition coefficient (Wildman–Crippen LogP) is 10.1. The first-order valence-electron chi connectivity index (χ1n) is 16.4. The van der Waals surface area contributed by atoms with Crippen LogP contribution in [0.5, 0.6) is 5.75 Å². The molecule has 0 aliphatic heterocycles. The molecule has 54 heavy (non-hydrogen) atoms. The smallest absolute Gasteiger partial charge is 0.416 e. The maximum absolute atomic E-state index is 13.8. The molecule has 0 bridgehead atoms. The van der Waals surface area contributed by atoms with Crippen LogP contribution in [0.15, 0.2) is 139 Å². The van der Waals surface area contributed by atoms with Crippen molar-refractivity contribution in [3.63, 3.8) is 0 Å². The average Bonchev–Trinajstić information content (AvgIpc) is 3.57. The number of rotatable bonds is 10. The van der Waals surface area contributed by atoms with Gasteiger partial charge in [-0.3, -0.25) is 9.59 Å². The van der Waals surface area contributed by atoms with E-state index in [-0.39, 0.29) is 29.2 Å². The third-order valence-corrected chi connectivity index (χ3v) is 8.08. The summed E-state index contributed by atoms with van der Waals surface area (Å²) in [5.41, 5.74) is 0.418. The van der Waals surface area contributed by atoms with Gasteiger partial charge in [-0.1, -0.05) is 72.3 Å². The molecule has 1 aromatic heterocycles. The van der Waals surface area contributed by atoms with Gasteiger partial charge < -0.3 is 15.4 Å². The maximum atomic E-state index is 13.8. The van der Waals surface area contributed by atoms with Crippen LogP contribution in [-0.4, -0.2) is 21.6 Å². The third kappa shape index (κ3) is 9.23. The fraction of sp³-hybridized carbons (Fsp3) is 0.0976. The Balaban J connectivity index is 1.42. The highest BCUT2D eigenvalue weighted by atomic mass is 19.4. The molecule has 2 N–H and O–H groups in total. The van der Waals surface area contributed by atoms with E-state index in [1.807, 2.05) is 31.2 Å². The second-order valence-electron chi connectivity index (χ2n) is 12.1. The number of hydrogen-bond acceptors (Lipinski definition) is 4. The van der Waals surface area contributed by atoms with Crippen LogP contribution in [0.1, 0.15) is 27.8 Å². The molecule has 0 radical (unpaired) electrons. The molecule has 5 aromatic carbocycles. The fourth-order valence-electron chi connectivity index (χ4n) is 5.35. The lowest BCUT2D eigenvalue weighted by Crippen LogP contribution is -2.25. The molecule has 0 spiro atoms. The highest BCUT2D eigenvalue weighted by Crippen LogP contribution is 2.33. The van der Waals surface area contributed by atoms with Crippen LogP contribution < -0.4 is 15.4 Å². The lowest BCUT2D eigenvalue weighted by atomic mass is 10.0. The van der Waals surface area contributed by atoms with Gasteiger partial charge in [0.15, 0.2) is 0 Å². The number of benzene rings is 5. The zero-order valence-electron chi connectivity index (χ0n) is 28.4. The maximum Gasteiger partial charge on any atom is 0.416 e. The topological polar surface area (TPSA) is 85.2 Å². The summed E-state index contributed by atoms with van der Waals surface area (Å²) in [5.74, 6) is -1.78. The van der Waals surface area contributed by atoms with Crippen molar-refractivity contribution in [3.8, 4) is 22.7 Å². The Morgan fingerprint density at radius 2 is 1.28 bits per heavy atom. The molecule has 6 rings (SSSR count). The Labute approximate surface area is 305 Å². The zero-order valence-corrected chi connectivity index (χ0v) is 28.4. The van der Waals surface area contributed by atoms with Gasteiger partial charge in [0.05, 0.1) is 16.8 Å². The number of hydrogen-bond donors (Lipinski definition) is 2. The quantitative estimate of drug-likeness (QED) is 0.0634. The van der Waals surface area contributed by atoms with Gasteiger partial charge in [-0.25, -0.2) is 4.68 Å². The molecule has 0 unspecified atom stereocenters. The van der Waals surface area contributed by atoms with Crippen molar-refractivity contribution in [3.05, 3.63) is 167 Å². The number of para-hydroxylation sites is 1. The SMILES string of the molecule is Cc1ccc(COc2cccc(-c3nn(-c4ccccc4)cc3C=C(C(=O)Nc3cccc(C(F)(F)F)c3)C(=O)Nc3cccc(C(F)(F)F)c3)c2)cc1. The van der Waals surface area contributed by atoms with Gasteiger partial charge >= 0.3 is 12.4 Å². The number of nitrogens with one attached hydrogen (secondary N) is 2. The van der Waals surface area contributed by atoms with Crippen molar-refractivity contribution in [2.75, 3.05) is 10.6 Å². The second kappa shape index (κ2) is 15.5. The number of ether oxygens (including phenoxy) is 1. The fourth-order valence-corrected chi connectivity index (χ4v) is 5.35. The van der Waals surface area contributed by atoms with Gasteiger partial charge in [-0.05, 0) is 79.2 Å². The Hall–Kier alpha value is -6.63. The first-order chi connectivity index (χ1) is 25.7. The number of anilines is 2. The van der Waals surface area contributed by atoms with E-state index in [1.165, 1.54) is 22.9 Å². The molecular formula is C41H30F6N4O3. The third-order valence-electron chi connectivity index (χ3n) is 8.08. The van der Waals surface area contributed by atoms with Gasteiger partial charge in [0, 0.05) is 28.7 Å². The summed E-state index contributed by atoms with van der Waals surface area (Å²) in [7, 11) is 0. The lowest BCUT2D eigenvalue weighted by Gasteiger charge is -2.13. The minimum atomic E-state index is -4.72. The van der Waals surface area contributed by atoms with Gasteiger partial charge in [-0.15, -0.1) is 0 Å². The van der Waals surface area contributed by atoms with Crippen molar-refractivity contribution in [1.82, 2.24) is 9.78 Å². The highest BCUT2D eigenvalue weighted by Gasteiger charge is 2.32. The van der Waals surface area contributed by atoms with Crippen molar-refractivity contribution in [1.29, 1.82) is 0 Å². The van der Waals surface area contributed by atoms with Crippen molar-refractivity contribution in [2.45, 2.75) is 25.9 Å². The molecule has 274 valence electrons. The predicted molar refractivity (Wildman–Crippen MR) is 193 cm³/mol. The van der Waals surface area contributed by atoms with E-state index < -0.39 is 40.9 Å². The number of carbonyl (C=O) groups excluding carboxylic acids is 2. The van der Waals surface area contributed by atoms with Gasteiger partial charge in [-0.2, -0.15) is 31.4 Å². The molecule has 0 aliphatic carbocycles. The summed E-state index contributed by atoms with van der Waals surface area (Å²) < 4.78 is 88.4. The molecule has 2 amide bonds. The van der Waals surface area contributed by atoms with E-state index in [0.29, 0.717) is 29.1 Å². The molecule has 0 fully saturated rings. The summed E-state index contributed by atoms with van der Waals surface area (Å²) >= 11 is 0. The van der Waals surface area contributed by atoms with E-state index in [1.54, 1.807) is 60.8 Å². The summed E-state index contributed by atoms with van der Waals surface area (Å²) in [6, 6.07) is 31.3. The number of amides is 2. The largest absolute Gasteiger partial charge is 0.489 e. The minimum Gasteiger partial charge on any atom is -0.489 e. The van der Waals surface area contributed by atoms with Crippen LogP contribution in [0.4, 0.5) is 37.7 Å². The molecule has 13 heteroatoms. The lowest BCUT2D eigenvalue weighted by molar-refractivity contribution is -0.138. The molecule has 0 saturated carbocycles. The molecular weight excluding hydrogens is 710 g/mol.